The minimum Gasteiger partial charge on any atom is -0.144 e. The van der Waals surface area contributed by atoms with Crippen molar-refractivity contribution in [1.29, 1.82) is 0 Å². The lowest BCUT2D eigenvalue weighted by atomic mass is 9.73. The number of hydrogen-bond acceptors (Lipinski definition) is 1. The van der Waals surface area contributed by atoms with Crippen molar-refractivity contribution in [3.8, 4) is 0 Å². The van der Waals surface area contributed by atoms with Crippen LogP contribution in [0.1, 0.15) is 47.0 Å². The molecule has 0 radical (unpaired) electrons. The summed E-state index contributed by atoms with van der Waals surface area (Å²) < 4.78 is 0. The summed E-state index contributed by atoms with van der Waals surface area (Å²) in [6.45, 7) is 13.4. The number of thiol groups is 1. The van der Waals surface area contributed by atoms with Gasteiger partial charge in [-0.05, 0) is 41.7 Å². The van der Waals surface area contributed by atoms with Crippen LogP contribution >= 0.6 is 12.6 Å². The maximum absolute atomic E-state index is 4.47. The van der Waals surface area contributed by atoms with Gasteiger partial charge in [-0.15, -0.1) is 12.6 Å². The third-order valence-electron chi connectivity index (χ3n) is 3.62. The molecule has 0 spiro atoms. The second-order valence-corrected chi connectivity index (χ2v) is 6.76. The topological polar surface area (TPSA) is 0 Å². The summed E-state index contributed by atoms with van der Waals surface area (Å²) in [6.07, 6.45) is 9.90. The lowest BCUT2D eigenvalue weighted by molar-refractivity contribution is 0.271. The molecule has 1 aliphatic carbocycles. The fraction of sp³-hybridized carbons (Fsp3) is 0.600. The highest BCUT2D eigenvalue weighted by Crippen LogP contribution is 2.39. The van der Waals surface area contributed by atoms with Crippen LogP contribution in [-0.2, 0) is 0 Å². The Labute approximate surface area is 106 Å². The van der Waals surface area contributed by atoms with Crippen LogP contribution in [-0.4, -0.2) is 0 Å². The monoisotopic (exact) mass is 236 g/mol. The second kappa shape index (κ2) is 4.83. The Hall–Kier alpha value is -0.430. The van der Waals surface area contributed by atoms with Crippen molar-refractivity contribution in [3.63, 3.8) is 0 Å². The smallest absolute Gasteiger partial charge is 0.0000303 e. The van der Waals surface area contributed by atoms with Crippen molar-refractivity contribution in [2.24, 2.45) is 10.8 Å². The van der Waals surface area contributed by atoms with Gasteiger partial charge < -0.3 is 0 Å². The minimum absolute atomic E-state index is 0.194. The summed E-state index contributed by atoms with van der Waals surface area (Å²) in [5.41, 5.74) is 1.75. The number of hydrogen-bond donors (Lipinski definition) is 1. The molecule has 0 aromatic heterocycles. The van der Waals surface area contributed by atoms with Crippen LogP contribution in [0.3, 0.4) is 0 Å². The average molecular weight is 236 g/mol. The summed E-state index contributed by atoms with van der Waals surface area (Å²) in [7, 11) is 0. The molecule has 90 valence electrons. The first-order valence-electron chi connectivity index (χ1n) is 6.00. The van der Waals surface area contributed by atoms with Crippen LogP contribution in [0.15, 0.2) is 35.3 Å². The molecular formula is C15H24S. The summed E-state index contributed by atoms with van der Waals surface area (Å²) in [6, 6.07) is 0. The summed E-state index contributed by atoms with van der Waals surface area (Å²) in [5, 5.41) is 0. The first-order valence-corrected chi connectivity index (χ1v) is 6.44. The van der Waals surface area contributed by atoms with E-state index < -0.39 is 0 Å². The molecule has 0 aromatic rings. The van der Waals surface area contributed by atoms with Crippen molar-refractivity contribution >= 4 is 12.6 Å². The molecule has 0 N–H and O–H groups in total. The van der Waals surface area contributed by atoms with Gasteiger partial charge in [-0.1, -0.05) is 46.4 Å². The van der Waals surface area contributed by atoms with Gasteiger partial charge >= 0.3 is 0 Å². The molecule has 1 rings (SSSR count). The van der Waals surface area contributed by atoms with Gasteiger partial charge in [0.1, 0.15) is 0 Å². The van der Waals surface area contributed by atoms with Crippen LogP contribution < -0.4 is 0 Å². The predicted molar refractivity (Wildman–Crippen MR) is 76.8 cm³/mol. The third-order valence-corrected chi connectivity index (χ3v) is 3.95. The Kier molecular flexibility index (Phi) is 4.12. The zero-order chi connectivity index (χ0) is 12.4. The van der Waals surface area contributed by atoms with Crippen molar-refractivity contribution in [2.45, 2.75) is 47.0 Å². The van der Waals surface area contributed by atoms with E-state index in [1.165, 1.54) is 18.4 Å². The first kappa shape index (κ1) is 13.6. The van der Waals surface area contributed by atoms with Crippen LogP contribution in [0.25, 0.3) is 0 Å². The van der Waals surface area contributed by atoms with E-state index in [2.05, 4.69) is 65.1 Å². The van der Waals surface area contributed by atoms with Crippen molar-refractivity contribution in [1.82, 2.24) is 0 Å². The summed E-state index contributed by atoms with van der Waals surface area (Å²) in [5.74, 6) is 0. The van der Waals surface area contributed by atoms with Gasteiger partial charge in [0, 0.05) is 4.91 Å². The van der Waals surface area contributed by atoms with E-state index in [1.54, 1.807) is 0 Å². The fourth-order valence-corrected chi connectivity index (χ4v) is 1.94. The SMILES string of the molecule is C=C1/C=C\C(S)=C/CC(C)(C)CCC1(C)C. The van der Waals surface area contributed by atoms with Crippen molar-refractivity contribution in [3.05, 3.63) is 35.3 Å². The van der Waals surface area contributed by atoms with E-state index in [9.17, 15) is 0 Å². The van der Waals surface area contributed by atoms with Gasteiger partial charge in [0.25, 0.3) is 0 Å². The zero-order valence-electron chi connectivity index (χ0n) is 11.0. The molecule has 0 bridgehead atoms. The number of rotatable bonds is 0. The summed E-state index contributed by atoms with van der Waals surface area (Å²) in [4.78, 5) is 1.05. The highest BCUT2D eigenvalue weighted by atomic mass is 32.1. The van der Waals surface area contributed by atoms with Crippen LogP contribution in [0, 0.1) is 10.8 Å². The Morgan fingerprint density at radius 1 is 1.12 bits per heavy atom. The average Bonchev–Trinajstić information content (AvgIpc) is 2.19. The fourth-order valence-electron chi connectivity index (χ4n) is 1.77. The highest BCUT2D eigenvalue weighted by molar-refractivity contribution is 7.84. The maximum atomic E-state index is 4.47. The van der Waals surface area contributed by atoms with Gasteiger partial charge in [-0.25, -0.2) is 0 Å². The quantitative estimate of drug-likeness (QED) is 0.553. The second-order valence-electron chi connectivity index (χ2n) is 6.24. The molecule has 0 atom stereocenters. The Balaban J connectivity index is 2.98. The molecule has 16 heavy (non-hydrogen) atoms. The highest BCUT2D eigenvalue weighted by Gasteiger charge is 2.25. The Morgan fingerprint density at radius 2 is 1.75 bits per heavy atom. The lowest BCUT2D eigenvalue weighted by Crippen LogP contribution is -2.19. The van der Waals surface area contributed by atoms with Gasteiger partial charge in [-0.2, -0.15) is 0 Å². The van der Waals surface area contributed by atoms with Crippen molar-refractivity contribution in [2.75, 3.05) is 0 Å². The van der Waals surface area contributed by atoms with E-state index in [1.807, 2.05) is 0 Å². The molecule has 0 saturated carbocycles. The third kappa shape index (κ3) is 3.86. The lowest BCUT2D eigenvalue weighted by Gasteiger charge is -2.32. The standard InChI is InChI=1S/C15H24S/c1-12-6-7-13(16)8-9-14(2,3)10-11-15(12,4)5/h6-8,16H,1,9-11H2,2-5H3/b7-6-,13-8+. The summed E-state index contributed by atoms with van der Waals surface area (Å²) >= 11 is 4.47. The molecule has 0 aromatic carbocycles. The number of allylic oxidation sites excluding steroid dienone is 4. The molecule has 0 aliphatic heterocycles. The molecular weight excluding hydrogens is 212 g/mol. The maximum Gasteiger partial charge on any atom is 0.0000303 e. The minimum atomic E-state index is 0.194. The molecule has 0 amide bonds. The van der Waals surface area contributed by atoms with E-state index >= 15 is 0 Å². The largest absolute Gasteiger partial charge is 0.144 e. The normalized spacial score (nSPS) is 30.3. The van der Waals surface area contributed by atoms with Crippen LogP contribution in [0.5, 0.6) is 0 Å². The zero-order valence-corrected chi connectivity index (χ0v) is 11.9. The van der Waals surface area contributed by atoms with Gasteiger partial charge in [-0.3, -0.25) is 0 Å². The van der Waals surface area contributed by atoms with Gasteiger partial charge in [0.05, 0.1) is 0 Å². The Bertz CT molecular complexity index is 329. The van der Waals surface area contributed by atoms with E-state index in [0.29, 0.717) is 5.41 Å². The van der Waals surface area contributed by atoms with Crippen LogP contribution in [0.4, 0.5) is 0 Å². The van der Waals surface area contributed by atoms with Crippen LogP contribution in [0.2, 0.25) is 0 Å². The molecule has 1 aliphatic rings. The van der Waals surface area contributed by atoms with E-state index in [4.69, 9.17) is 0 Å². The molecule has 0 unspecified atom stereocenters. The predicted octanol–water partition coefficient (Wildman–Crippen LogP) is 5.15. The molecule has 0 fully saturated rings. The van der Waals surface area contributed by atoms with Gasteiger partial charge in [0.2, 0.25) is 0 Å². The van der Waals surface area contributed by atoms with Gasteiger partial charge in [0.15, 0.2) is 0 Å². The van der Waals surface area contributed by atoms with E-state index in [-0.39, 0.29) is 5.41 Å². The Morgan fingerprint density at radius 3 is 2.38 bits per heavy atom. The van der Waals surface area contributed by atoms with Crippen molar-refractivity contribution < 1.29 is 0 Å². The molecule has 0 saturated heterocycles. The molecule has 0 nitrogen and oxygen atoms in total. The molecule has 0 heterocycles. The van der Waals surface area contributed by atoms with E-state index in [0.717, 1.165) is 11.3 Å². The first-order chi connectivity index (χ1) is 7.23. The molecule has 1 heteroatoms.